The van der Waals surface area contributed by atoms with Crippen LogP contribution in [-0.2, 0) is 17.6 Å². The standard InChI is InChI=1S/C20H26N2O2S/c1-13-5-8-15(9-6-13)24-12-18(23)22-19-21-16-10-7-14(20(2,3)4)11-17(16)25-19/h5-6,8-9,14H,7,10-12H2,1-4H3,(H,21,22,23)/t14-/m0/s1. The fourth-order valence-electron chi connectivity index (χ4n) is 3.11. The van der Waals surface area contributed by atoms with E-state index in [9.17, 15) is 4.79 Å². The van der Waals surface area contributed by atoms with Gasteiger partial charge in [0.15, 0.2) is 11.7 Å². The highest BCUT2D eigenvalue weighted by molar-refractivity contribution is 7.15. The Morgan fingerprint density at radius 2 is 2.04 bits per heavy atom. The van der Waals surface area contributed by atoms with E-state index in [-0.39, 0.29) is 12.5 Å². The van der Waals surface area contributed by atoms with Gasteiger partial charge in [-0.15, -0.1) is 11.3 Å². The number of hydrogen-bond acceptors (Lipinski definition) is 4. The lowest BCUT2D eigenvalue weighted by Crippen LogP contribution is -2.26. The number of carbonyl (C=O) groups excluding carboxylic acids is 1. The second-order valence-corrected chi connectivity index (χ2v) is 8.93. The highest BCUT2D eigenvalue weighted by Gasteiger charge is 2.30. The zero-order chi connectivity index (χ0) is 18.0. The van der Waals surface area contributed by atoms with Crippen molar-refractivity contribution in [1.29, 1.82) is 0 Å². The number of ether oxygens (including phenoxy) is 1. The Labute approximate surface area is 153 Å². The van der Waals surface area contributed by atoms with Crippen molar-refractivity contribution >= 4 is 22.4 Å². The van der Waals surface area contributed by atoms with Crippen LogP contribution in [0, 0.1) is 18.3 Å². The number of fused-ring (bicyclic) bond motifs is 1. The molecule has 0 bridgehead atoms. The van der Waals surface area contributed by atoms with Gasteiger partial charge >= 0.3 is 0 Å². The number of aryl methyl sites for hydroxylation is 2. The zero-order valence-electron chi connectivity index (χ0n) is 15.4. The number of hydrogen-bond donors (Lipinski definition) is 1. The molecule has 0 saturated heterocycles. The van der Waals surface area contributed by atoms with Crippen LogP contribution in [0.2, 0.25) is 0 Å². The molecule has 1 aromatic heterocycles. The van der Waals surface area contributed by atoms with Gasteiger partial charge < -0.3 is 4.74 Å². The van der Waals surface area contributed by atoms with Gasteiger partial charge in [0.05, 0.1) is 5.69 Å². The highest BCUT2D eigenvalue weighted by atomic mass is 32.1. The first-order chi connectivity index (χ1) is 11.8. The number of carbonyl (C=O) groups is 1. The molecule has 5 heteroatoms. The van der Waals surface area contributed by atoms with Crippen LogP contribution in [0.15, 0.2) is 24.3 Å². The smallest absolute Gasteiger partial charge is 0.264 e. The molecule has 0 spiro atoms. The summed E-state index contributed by atoms with van der Waals surface area (Å²) in [6.45, 7) is 8.92. The third-order valence-electron chi connectivity index (χ3n) is 4.80. The van der Waals surface area contributed by atoms with Crippen LogP contribution in [0.5, 0.6) is 5.75 Å². The molecule has 1 aliphatic rings. The van der Waals surface area contributed by atoms with Crippen LogP contribution in [0.3, 0.4) is 0 Å². The quantitative estimate of drug-likeness (QED) is 0.867. The molecular weight excluding hydrogens is 332 g/mol. The van der Waals surface area contributed by atoms with E-state index in [0.29, 0.717) is 22.2 Å². The third-order valence-corrected chi connectivity index (χ3v) is 5.84. The van der Waals surface area contributed by atoms with Gasteiger partial charge in [-0.3, -0.25) is 10.1 Å². The fourth-order valence-corrected chi connectivity index (χ4v) is 4.21. The minimum atomic E-state index is -0.168. The molecule has 134 valence electrons. The molecular formula is C20H26N2O2S. The molecule has 2 aromatic rings. The van der Waals surface area contributed by atoms with Crippen LogP contribution in [0.1, 0.15) is 43.3 Å². The minimum absolute atomic E-state index is 0.00206. The average molecular weight is 359 g/mol. The Kier molecular flexibility index (Phi) is 5.13. The molecule has 0 fully saturated rings. The summed E-state index contributed by atoms with van der Waals surface area (Å²) in [4.78, 5) is 18.0. The number of rotatable bonds is 4. The summed E-state index contributed by atoms with van der Waals surface area (Å²) in [5.74, 6) is 1.21. The number of nitrogens with zero attached hydrogens (tertiary/aromatic N) is 1. The summed E-state index contributed by atoms with van der Waals surface area (Å²) in [6.07, 6.45) is 3.24. The van der Waals surface area contributed by atoms with Gasteiger partial charge in [-0.25, -0.2) is 4.98 Å². The summed E-state index contributed by atoms with van der Waals surface area (Å²) in [7, 11) is 0. The number of amides is 1. The van der Waals surface area contributed by atoms with Gasteiger partial charge in [0.25, 0.3) is 5.91 Å². The van der Waals surface area contributed by atoms with Crippen LogP contribution < -0.4 is 10.1 Å². The molecule has 3 rings (SSSR count). The first kappa shape index (κ1) is 17.9. The molecule has 4 nitrogen and oxygen atoms in total. The molecule has 1 amide bonds. The van der Waals surface area contributed by atoms with Crippen LogP contribution in [0.4, 0.5) is 5.13 Å². The Morgan fingerprint density at radius 1 is 1.32 bits per heavy atom. The predicted molar refractivity (Wildman–Crippen MR) is 102 cm³/mol. The van der Waals surface area contributed by atoms with Crippen molar-refractivity contribution in [2.75, 3.05) is 11.9 Å². The predicted octanol–water partition coefficient (Wildman–Crippen LogP) is 4.62. The van der Waals surface area contributed by atoms with E-state index in [0.717, 1.165) is 18.5 Å². The average Bonchev–Trinajstić information content (AvgIpc) is 2.94. The lowest BCUT2D eigenvalue weighted by atomic mass is 9.73. The maximum absolute atomic E-state index is 12.1. The molecule has 0 saturated carbocycles. The van der Waals surface area contributed by atoms with Crippen LogP contribution >= 0.6 is 11.3 Å². The van der Waals surface area contributed by atoms with E-state index >= 15 is 0 Å². The summed E-state index contributed by atoms with van der Waals surface area (Å²) in [5.41, 5.74) is 2.63. The van der Waals surface area contributed by atoms with E-state index in [4.69, 9.17) is 4.74 Å². The lowest BCUT2D eigenvalue weighted by Gasteiger charge is -2.33. The van der Waals surface area contributed by atoms with E-state index < -0.39 is 0 Å². The monoisotopic (exact) mass is 358 g/mol. The topological polar surface area (TPSA) is 51.2 Å². The maximum atomic E-state index is 12.1. The number of anilines is 1. The van der Waals surface area contributed by atoms with Crippen molar-refractivity contribution in [3.05, 3.63) is 40.4 Å². The lowest BCUT2D eigenvalue weighted by molar-refractivity contribution is -0.118. The van der Waals surface area contributed by atoms with Gasteiger partial charge in [-0.1, -0.05) is 38.5 Å². The number of nitrogens with one attached hydrogen (secondary N) is 1. The van der Waals surface area contributed by atoms with Crippen molar-refractivity contribution in [2.45, 2.75) is 47.0 Å². The van der Waals surface area contributed by atoms with Gasteiger partial charge in [-0.05, 0) is 49.7 Å². The summed E-state index contributed by atoms with van der Waals surface area (Å²) in [6, 6.07) is 7.68. The molecule has 1 N–H and O–H groups in total. The van der Waals surface area contributed by atoms with Crippen molar-refractivity contribution in [3.8, 4) is 5.75 Å². The molecule has 1 heterocycles. The Bertz CT molecular complexity index is 744. The van der Waals surface area contributed by atoms with Gasteiger partial charge in [0, 0.05) is 4.88 Å². The molecule has 25 heavy (non-hydrogen) atoms. The van der Waals surface area contributed by atoms with Gasteiger partial charge in [0.2, 0.25) is 0 Å². The van der Waals surface area contributed by atoms with Crippen molar-refractivity contribution in [1.82, 2.24) is 4.98 Å². The Balaban J connectivity index is 1.56. The molecule has 1 aliphatic carbocycles. The maximum Gasteiger partial charge on any atom is 0.264 e. The molecule has 0 aliphatic heterocycles. The summed E-state index contributed by atoms with van der Waals surface area (Å²) in [5, 5.41) is 3.57. The highest BCUT2D eigenvalue weighted by Crippen LogP contribution is 2.40. The van der Waals surface area contributed by atoms with Crippen LogP contribution in [-0.4, -0.2) is 17.5 Å². The number of thiazole rings is 1. The van der Waals surface area contributed by atoms with E-state index in [1.54, 1.807) is 11.3 Å². The van der Waals surface area contributed by atoms with E-state index in [2.05, 4.69) is 31.1 Å². The second-order valence-electron chi connectivity index (χ2n) is 7.84. The van der Waals surface area contributed by atoms with Crippen molar-refractivity contribution in [2.24, 2.45) is 11.3 Å². The normalized spacial score (nSPS) is 17.0. The Morgan fingerprint density at radius 3 is 2.72 bits per heavy atom. The summed E-state index contributed by atoms with van der Waals surface area (Å²) >= 11 is 1.61. The molecule has 1 aromatic carbocycles. The van der Waals surface area contributed by atoms with Gasteiger partial charge in [0.1, 0.15) is 5.75 Å². The first-order valence-electron chi connectivity index (χ1n) is 8.79. The van der Waals surface area contributed by atoms with E-state index in [1.807, 2.05) is 31.2 Å². The van der Waals surface area contributed by atoms with Crippen molar-refractivity contribution < 1.29 is 9.53 Å². The fraction of sp³-hybridized carbons (Fsp3) is 0.500. The minimum Gasteiger partial charge on any atom is -0.484 e. The zero-order valence-corrected chi connectivity index (χ0v) is 16.2. The molecule has 1 atom stereocenters. The summed E-state index contributed by atoms with van der Waals surface area (Å²) < 4.78 is 5.52. The second kappa shape index (κ2) is 7.16. The molecule has 0 unspecified atom stereocenters. The number of benzene rings is 1. The Hall–Kier alpha value is -1.88. The molecule has 0 radical (unpaired) electrons. The van der Waals surface area contributed by atoms with Crippen molar-refractivity contribution in [3.63, 3.8) is 0 Å². The number of aromatic nitrogens is 1. The van der Waals surface area contributed by atoms with Gasteiger partial charge in [-0.2, -0.15) is 0 Å². The van der Waals surface area contributed by atoms with Crippen LogP contribution in [0.25, 0.3) is 0 Å². The first-order valence-corrected chi connectivity index (χ1v) is 9.61. The largest absolute Gasteiger partial charge is 0.484 e. The SMILES string of the molecule is Cc1ccc(OCC(=O)Nc2nc3c(s2)C[C@@H](C(C)(C)C)CC3)cc1. The third kappa shape index (κ3) is 4.60. The van der Waals surface area contributed by atoms with E-state index in [1.165, 1.54) is 16.9 Å².